The smallest absolute Gasteiger partial charge is 0.250 e. The molecule has 0 N–H and O–H groups in total. The first-order valence-electron chi connectivity index (χ1n) is 5.94. The molecule has 0 bridgehead atoms. The fourth-order valence-corrected chi connectivity index (χ4v) is 3.63. The maximum Gasteiger partial charge on any atom is 0.598 e. The fraction of sp³-hybridized carbons (Fsp3) is 0.200. The first-order chi connectivity index (χ1) is 8.56. The number of hydrogen-bond acceptors (Lipinski definition) is 2. The number of fused-ring (bicyclic) bond motifs is 3. The standard InChI is InChI=1S/C15H14O2P/c1-9-4-5-12-13-7-10(2)6-11(3)15(13)18(16)17-14(12)8-9/h4-8H,1-3H3/q+1. The summed E-state index contributed by atoms with van der Waals surface area (Å²) in [5.41, 5.74) is 4.07. The number of benzene rings is 2. The monoisotopic (exact) mass is 257 g/mol. The number of rotatable bonds is 0. The second kappa shape index (κ2) is 3.93. The molecular weight excluding hydrogens is 243 g/mol. The Balaban J connectivity index is 2.65. The fourth-order valence-electron chi connectivity index (χ4n) is 2.47. The summed E-state index contributed by atoms with van der Waals surface area (Å²) in [5.74, 6) is 0. The van der Waals surface area contributed by atoms with Gasteiger partial charge in [0.05, 0.1) is 0 Å². The molecule has 0 aliphatic carbocycles. The van der Waals surface area contributed by atoms with Crippen LogP contribution in [0.1, 0.15) is 16.7 Å². The van der Waals surface area contributed by atoms with E-state index >= 15 is 0 Å². The van der Waals surface area contributed by atoms with Crippen molar-refractivity contribution >= 4 is 29.1 Å². The van der Waals surface area contributed by atoms with Crippen molar-refractivity contribution in [1.82, 2.24) is 0 Å². The maximum atomic E-state index is 12.2. The van der Waals surface area contributed by atoms with Gasteiger partial charge in [-0.2, -0.15) is 0 Å². The van der Waals surface area contributed by atoms with E-state index in [4.69, 9.17) is 4.20 Å². The molecule has 0 amide bonds. The third-order valence-electron chi connectivity index (χ3n) is 3.24. The van der Waals surface area contributed by atoms with Crippen molar-refractivity contribution < 1.29 is 8.76 Å². The predicted octanol–water partition coefficient (Wildman–Crippen LogP) is 5.25. The van der Waals surface area contributed by atoms with Crippen molar-refractivity contribution in [2.45, 2.75) is 20.8 Å². The lowest BCUT2D eigenvalue weighted by Gasteiger charge is -2.01. The summed E-state index contributed by atoms with van der Waals surface area (Å²) >= 11 is 0. The number of aryl methyl sites for hydroxylation is 3. The molecule has 2 aromatic carbocycles. The molecule has 0 saturated carbocycles. The zero-order chi connectivity index (χ0) is 12.9. The van der Waals surface area contributed by atoms with Gasteiger partial charge >= 0.3 is 7.65 Å². The molecule has 18 heavy (non-hydrogen) atoms. The molecule has 90 valence electrons. The molecule has 0 radical (unpaired) electrons. The molecule has 0 aliphatic heterocycles. The van der Waals surface area contributed by atoms with Gasteiger partial charge in [-0.1, -0.05) is 12.1 Å². The van der Waals surface area contributed by atoms with Crippen molar-refractivity contribution in [3.63, 3.8) is 0 Å². The Morgan fingerprint density at radius 3 is 2.50 bits per heavy atom. The van der Waals surface area contributed by atoms with Crippen LogP contribution >= 0.6 is 7.65 Å². The van der Waals surface area contributed by atoms with Crippen molar-refractivity contribution in [2.24, 2.45) is 0 Å². The molecule has 0 saturated heterocycles. The van der Waals surface area contributed by atoms with Crippen LogP contribution in [-0.2, 0) is 4.57 Å². The van der Waals surface area contributed by atoms with Gasteiger partial charge in [0.2, 0.25) is 5.12 Å². The molecule has 1 aromatic heterocycles. The summed E-state index contributed by atoms with van der Waals surface area (Å²) in [6.45, 7) is 6.05. The molecule has 0 aliphatic rings. The average Bonchev–Trinajstić information content (AvgIpc) is 2.27. The van der Waals surface area contributed by atoms with E-state index in [2.05, 4.69) is 25.1 Å². The van der Waals surface area contributed by atoms with E-state index in [1.165, 1.54) is 5.56 Å². The maximum absolute atomic E-state index is 12.2. The highest BCUT2D eigenvalue weighted by Crippen LogP contribution is 2.38. The zero-order valence-corrected chi connectivity index (χ0v) is 11.5. The Morgan fingerprint density at radius 2 is 1.72 bits per heavy atom. The normalized spacial score (nSPS) is 12.3. The van der Waals surface area contributed by atoms with E-state index in [1.54, 1.807) is 0 Å². The highest BCUT2D eigenvalue weighted by atomic mass is 31.1. The predicted molar refractivity (Wildman–Crippen MR) is 75.5 cm³/mol. The zero-order valence-electron chi connectivity index (χ0n) is 10.7. The largest absolute Gasteiger partial charge is 0.598 e. The van der Waals surface area contributed by atoms with Crippen molar-refractivity contribution in [3.05, 3.63) is 47.0 Å². The summed E-state index contributed by atoms with van der Waals surface area (Å²) in [6, 6.07) is 10.2. The molecular formula is C15H14O2P+. The lowest BCUT2D eigenvalue weighted by Crippen LogP contribution is -1.82. The highest BCUT2D eigenvalue weighted by Gasteiger charge is 2.19. The van der Waals surface area contributed by atoms with Crippen LogP contribution in [0.3, 0.4) is 0 Å². The van der Waals surface area contributed by atoms with Crippen LogP contribution in [0, 0.1) is 20.8 Å². The minimum atomic E-state index is -1.79. The molecule has 3 aromatic rings. The Bertz CT molecular complexity index is 831. The Hall–Kier alpha value is -1.66. The van der Waals surface area contributed by atoms with Gasteiger partial charge in [0, 0.05) is 16.3 Å². The quantitative estimate of drug-likeness (QED) is 0.514. The average molecular weight is 257 g/mol. The second-order valence-corrected chi connectivity index (χ2v) is 5.97. The lowest BCUT2D eigenvalue weighted by molar-refractivity contribution is 0.563. The van der Waals surface area contributed by atoms with Crippen LogP contribution in [0.4, 0.5) is 0 Å². The van der Waals surface area contributed by atoms with Gasteiger partial charge in [0.15, 0.2) is 5.58 Å². The summed E-state index contributed by atoms with van der Waals surface area (Å²) in [7, 11) is -1.79. The van der Waals surface area contributed by atoms with Crippen LogP contribution in [0.25, 0.3) is 21.5 Å². The Kier molecular flexibility index (Phi) is 2.49. The Morgan fingerprint density at radius 1 is 0.944 bits per heavy atom. The number of hydrogen-bond donors (Lipinski definition) is 0. The van der Waals surface area contributed by atoms with Crippen LogP contribution in [0.5, 0.6) is 0 Å². The van der Waals surface area contributed by atoms with Crippen LogP contribution in [-0.4, -0.2) is 0 Å². The van der Waals surface area contributed by atoms with Crippen LogP contribution in [0.2, 0.25) is 0 Å². The molecule has 1 heterocycles. The third-order valence-corrected chi connectivity index (χ3v) is 4.56. The van der Waals surface area contributed by atoms with Crippen molar-refractivity contribution in [3.8, 4) is 0 Å². The van der Waals surface area contributed by atoms with Crippen molar-refractivity contribution in [1.29, 1.82) is 0 Å². The minimum Gasteiger partial charge on any atom is -0.250 e. The van der Waals surface area contributed by atoms with E-state index in [9.17, 15) is 4.57 Å². The minimum absolute atomic E-state index is 0.730. The van der Waals surface area contributed by atoms with E-state index in [1.807, 2.05) is 26.0 Å². The first kappa shape index (κ1) is 11.4. The van der Waals surface area contributed by atoms with E-state index in [0.717, 1.165) is 32.6 Å². The van der Waals surface area contributed by atoms with Gasteiger partial charge in [-0.3, -0.25) is 0 Å². The topological polar surface area (TPSA) is 30.2 Å². The van der Waals surface area contributed by atoms with Gasteiger partial charge < -0.3 is 0 Å². The van der Waals surface area contributed by atoms with Gasteiger partial charge in [0.25, 0.3) is 0 Å². The highest BCUT2D eigenvalue weighted by molar-refractivity contribution is 7.37. The van der Waals surface area contributed by atoms with E-state index in [-0.39, 0.29) is 0 Å². The Labute approximate surface area is 106 Å². The summed E-state index contributed by atoms with van der Waals surface area (Å²) in [5, 5.41) is 2.93. The first-order valence-corrected chi connectivity index (χ1v) is 7.11. The third kappa shape index (κ3) is 1.65. The molecule has 3 heteroatoms. The van der Waals surface area contributed by atoms with Gasteiger partial charge in [0.1, 0.15) is 0 Å². The summed E-state index contributed by atoms with van der Waals surface area (Å²) in [4.78, 5) is 0. The van der Waals surface area contributed by atoms with E-state index < -0.39 is 7.65 Å². The second-order valence-electron chi connectivity index (χ2n) is 4.83. The molecule has 0 spiro atoms. The molecule has 2 nitrogen and oxygen atoms in total. The van der Waals surface area contributed by atoms with Crippen molar-refractivity contribution in [2.75, 3.05) is 0 Å². The molecule has 1 unspecified atom stereocenters. The molecule has 0 fully saturated rings. The van der Waals surface area contributed by atoms with Gasteiger partial charge in [-0.15, -0.1) is 0 Å². The van der Waals surface area contributed by atoms with Gasteiger partial charge in [-0.05, 0) is 54.7 Å². The molecule has 3 rings (SSSR count). The summed E-state index contributed by atoms with van der Waals surface area (Å²) in [6.07, 6.45) is 0. The lowest BCUT2D eigenvalue weighted by atomic mass is 10.0. The SMILES string of the molecule is Cc1ccc2c(c1)o[p+](=O)c1c(C)cc(C)cc21. The molecule has 1 atom stereocenters. The summed E-state index contributed by atoms with van der Waals surface area (Å²) < 4.78 is 17.8. The van der Waals surface area contributed by atoms with E-state index in [0.29, 0.717) is 0 Å². The van der Waals surface area contributed by atoms with Gasteiger partial charge in [-0.25, -0.2) is 4.20 Å². The van der Waals surface area contributed by atoms with Crippen LogP contribution in [0.15, 0.2) is 34.5 Å². The van der Waals surface area contributed by atoms with Crippen LogP contribution < -0.4 is 0 Å².